The molecule has 1 aliphatic heterocycles. The first-order valence-electron chi connectivity index (χ1n) is 6.00. The number of rotatable bonds is 3. The molecule has 0 aliphatic carbocycles. The molecule has 104 valence electrons. The molecule has 0 spiro atoms. The van der Waals surface area contributed by atoms with Gasteiger partial charge < -0.3 is 24.8 Å². The summed E-state index contributed by atoms with van der Waals surface area (Å²) in [5, 5.41) is 28.3. The average Bonchev–Trinajstić information content (AvgIpc) is 2.44. The van der Waals surface area contributed by atoms with Crippen molar-refractivity contribution in [1.82, 2.24) is 0 Å². The van der Waals surface area contributed by atoms with E-state index in [1.807, 2.05) is 0 Å². The Labute approximate surface area is 110 Å². The Morgan fingerprint density at radius 1 is 1.32 bits per heavy atom. The van der Waals surface area contributed by atoms with Crippen LogP contribution >= 0.6 is 0 Å². The quantitative estimate of drug-likeness (QED) is 0.650. The molecule has 3 N–H and O–H groups in total. The highest BCUT2D eigenvalue weighted by atomic mass is 16.7. The van der Waals surface area contributed by atoms with Crippen LogP contribution in [0.4, 0.5) is 0 Å². The lowest BCUT2D eigenvalue weighted by Crippen LogP contribution is -2.51. The minimum Gasteiger partial charge on any atom is -0.429 e. The monoisotopic (exact) mass is 268 g/mol. The third-order valence-corrected chi connectivity index (χ3v) is 2.94. The van der Waals surface area contributed by atoms with Gasteiger partial charge in [-0.3, -0.25) is 0 Å². The number of benzene rings is 1. The number of aliphatic hydroxyl groups is 3. The molecule has 1 aliphatic rings. The Morgan fingerprint density at radius 2 is 2.00 bits per heavy atom. The van der Waals surface area contributed by atoms with Crippen molar-refractivity contribution in [3.05, 3.63) is 35.9 Å². The maximum absolute atomic E-state index is 11.8. The predicted molar refractivity (Wildman–Crippen MR) is 64.2 cm³/mol. The van der Waals surface area contributed by atoms with Gasteiger partial charge in [0.15, 0.2) is 0 Å². The van der Waals surface area contributed by atoms with Gasteiger partial charge in [-0.25, -0.2) is 4.79 Å². The van der Waals surface area contributed by atoms with Crippen LogP contribution in [0.3, 0.4) is 0 Å². The fourth-order valence-corrected chi connectivity index (χ4v) is 1.88. The van der Waals surface area contributed by atoms with Gasteiger partial charge >= 0.3 is 5.97 Å². The van der Waals surface area contributed by atoms with Gasteiger partial charge in [0.05, 0.1) is 24.4 Å². The molecule has 1 aromatic carbocycles. The van der Waals surface area contributed by atoms with Gasteiger partial charge in [-0.15, -0.1) is 0 Å². The minimum absolute atomic E-state index is 0.0943. The zero-order valence-corrected chi connectivity index (χ0v) is 10.2. The lowest BCUT2D eigenvalue weighted by molar-refractivity contribution is -0.251. The van der Waals surface area contributed by atoms with Crippen molar-refractivity contribution in [1.29, 1.82) is 0 Å². The van der Waals surface area contributed by atoms with Gasteiger partial charge in [0.25, 0.3) is 0 Å². The molecule has 0 unspecified atom stereocenters. The summed E-state index contributed by atoms with van der Waals surface area (Å²) in [5.41, 5.74) is 0.318. The van der Waals surface area contributed by atoms with Gasteiger partial charge in [0.2, 0.25) is 6.29 Å². The van der Waals surface area contributed by atoms with E-state index in [1.165, 1.54) is 0 Å². The van der Waals surface area contributed by atoms with Crippen molar-refractivity contribution in [2.45, 2.75) is 31.0 Å². The van der Waals surface area contributed by atoms with Crippen LogP contribution in [0.15, 0.2) is 30.3 Å². The highest BCUT2D eigenvalue weighted by Crippen LogP contribution is 2.22. The summed E-state index contributed by atoms with van der Waals surface area (Å²) in [4.78, 5) is 11.8. The molecular formula is C13H16O6. The van der Waals surface area contributed by atoms with Crippen LogP contribution in [-0.4, -0.2) is 52.5 Å². The summed E-state index contributed by atoms with van der Waals surface area (Å²) in [6.45, 7) is -0.316. The van der Waals surface area contributed by atoms with Gasteiger partial charge in [-0.1, -0.05) is 18.2 Å². The maximum atomic E-state index is 11.8. The third-order valence-electron chi connectivity index (χ3n) is 2.94. The summed E-state index contributed by atoms with van der Waals surface area (Å²) in [5.74, 6) is -0.657. The first-order chi connectivity index (χ1) is 9.11. The summed E-state index contributed by atoms with van der Waals surface area (Å²) < 4.78 is 10.2. The maximum Gasteiger partial charge on any atom is 0.340 e. The topological polar surface area (TPSA) is 96.2 Å². The van der Waals surface area contributed by atoms with Crippen molar-refractivity contribution in [2.24, 2.45) is 0 Å². The van der Waals surface area contributed by atoms with Crippen molar-refractivity contribution in [3.63, 3.8) is 0 Å². The van der Waals surface area contributed by atoms with Gasteiger partial charge in [-0.2, -0.15) is 0 Å². The first kappa shape index (κ1) is 14.0. The Balaban J connectivity index is 2.02. The Kier molecular flexibility index (Phi) is 4.49. The summed E-state index contributed by atoms with van der Waals surface area (Å²) in [6.07, 6.45) is -4.27. The normalized spacial score (nSPS) is 30.9. The zero-order chi connectivity index (χ0) is 13.8. The van der Waals surface area contributed by atoms with Crippen LogP contribution in [0.2, 0.25) is 0 Å². The summed E-state index contributed by atoms with van der Waals surface area (Å²) in [7, 11) is 0. The van der Waals surface area contributed by atoms with Gasteiger partial charge in [0, 0.05) is 6.42 Å². The van der Waals surface area contributed by atoms with Crippen LogP contribution in [0.25, 0.3) is 0 Å². The molecule has 0 aromatic heterocycles. The molecule has 1 heterocycles. The molecule has 1 aromatic rings. The number of hydrogen-bond donors (Lipinski definition) is 3. The number of carbonyl (C=O) groups excluding carboxylic acids is 1. The van der Waals surface area contributed by atoms with E-state index in [2.05, 4.69) is 0 Å². The number of ether oxygens (including phenoxy) is 2. The molecular weight excluding hydrogens is 252 g/mol. The second kappa shape index (κ2) is 6.12. The summed E-state index contributed by atoms with van der Waals surface area (Å²) >= 11 is 0. The lowest BCUT2D eigenvalue weighted by Gasteiger charge is -2.35. The molecule has 1 fully saturated rings. The smallest absolute Gasteiger partial charge is 0.340 e. The van der Waals surface area contributed by atoms with E-state index in [9.17, 15) is 15.0 Å². The average molecular weight is 268 g/mol. The standard InChI is InChI=1S/C13H16O6/c14-7-9-6-10(15)11(16)13(18-9)19-12(17)8-4-2-1-3-5-8/h1-5,9-11,13-16H,6-7H2/t9-,10-,11+,13+/m0/s1. The molecule has 0 saturated carbocycles. The van der Waals surface area contributed by atoms with E-state index >= 15 is 0 Å². The molecule has 6 heteroatoms. The van der Waals surface area contributed by atoms with Crippen LogP contribution in [0, 0.1) is 0 Å². The molecule has 19 heavy (non-hydrogen) atoms. The molecule has 0 bridgehead atoms. The van der Waals surface area contributed by atoms with Gasteiger partial charge in [0.1, 0.15) is 6.10 Å². The summed E-state index contributed by atoms with van der Waals surface area (Å²) in [6, 6.07) is 8.25. The lowest BCUT2D eigenvalue weighted by atomic mass is 10.0. The minimum atomic E-state index is -1.32. The molecule has 0 radical (unpaired) electrons. The van der Waals surface area contributed by atoms with Crippen LogP contribution in [-0.2, 0) is 9.47 Å². The van der Waals surface area contributed by atoms with Gasteiger partial charge in [-0.05, 0) is 12.1 Å². The number of hydrogen-bond acceptors (Lipinski definition) is 6. The van der Waals surface area contributed by atoms with E-state index in [-0.39, 0.29) is 13.0 Å². The second-order valence-electron chi connectivity index (χ2n) is 4.37. The molecule has 4 atom stereocenters. The van der Waals surface area contributed by atoms with Crippen LogP contribution < -0.4 is 0 Å². The molecule has 0 amide bonds. The fourth-order valence-electron chi connectivity index (χ4n) is 1.88. The third kappa shape index (κ3) is 3.30. The number of esters is 1. The van der Waals surface area contributed by atoms with E-state index in [0.717, 1.165) is 0 Å². The van der Waals surface area contributed by atoms with E-state index in [1.54, 1.807) is 30.3 Å². The molecule has 1 saturated heterocycles. The number of aliphatic hydroxyl groups excluding tert-OH is 3. The Morgan fingerprint density at radius 3 is 2.63 bits per heavy atom. The Hall–Kier alpha value is -1.47. The zero-order valence-electron chi connectivity index (χ0n) is 10.2. The van der Waals surface area contributed by atoms with Crippen molar-refractivity contribution in [2.75, 3.05) is 6.61 Å². The predicted octanol–water partition coefficient (Wildman–Crippen LogP) is -0.328. The highest BCUT2D eigenvalue weighted by Gasteiger charge is 2.39. The molecule has 2 rings (SSSR count). The highest BCUT2D eigenvalue weighted by molar-refractivity contribution is 5.89. The largest absolute Gasteiger partial charge is 0.429 e. The van der Waals surface area contributed by atoms with Crippen molar-refractivity contribution >= 4 is 5.97 Å². The first-order valence-corrected chi connectivity index (χ1v) is 6.00. The van der Waals surface area contributed by atoms with Crippen molar-refractivity contribution < 1.29 is 29.6 Å². The van der Waals surface area contributed by atoms with Crippen molar-refractivity contribution in [3.8, 4) is 0 Å². The van der Waals surface area contributed by atoms with Crippen LogP contribution in [0.5, 0.6) is 0 Å². The van der Waals surface area contributed by atoms with Crippen LogP contribution in [0.1, 0.15) is 16.8 Å². The van der Waals surface area contributed by atoms with E-state index in [4.69, 9.17) is 14.6 Å². The van der Waals surface area contributed by atoms with E-state index in [0.29, 0.717) is 5.56 Å². The molecule has 6 nitrogen and oxygen atoms in total. The number of carbonyl (C=O) groups is 1. The van der Waals surface area contributed by atoms with E-state index < -0.39 is 30.6 Å². The SMILES string of the molecule is O=C(O[C@H]1O[C@H](CO)C[C@H](O)[C@H]1O)c1ccccc1. The second-order valence-corrected chi connectivity index (χ2v) is 4.37. The Bertz CT molecular complexity index is 420. The fraction of sp³-hybridized carbons (Fsp3) is 0.462.